The monoisotopic (exact) mass is 442 g/mol. The normalized spacial score (nSPS) is 14.5. The molecule has 0 spiro atoms. The number of urea groups is 1. The van der Waals surface area contributed by atoms with Crippen molar-refractivity contribution in [1.29, 1.82) is 0 Å². The van der Waals surface area contributed by atoms with Gasteiger partial charge in [-0.3, -0.25) is 19.9 Å². The van der Waals surface area contributed by atoms with Crippen LogP contribution in [0.4, 0.5) is 15.5 Å². The Hall–Kier alpha value is -2.62. The van der Waals surface area contributed by atoms with Crippen molar-refractivity contribution in [2.24, 2.45) is 10.7 Å². The second-order valence-corrected chi connectivity index (χ2v) is 7.31. The molecule has 2 heterocycles. The summed E-state index contributed by atoms with van der Waals surface area (Å²) in [6.07, 6.45) is 1.38. The molecule has 2 aromatic rings. The molecule has 11 heteroatoms. The predicted octanol–water partition coefficient (Wildman–Crippen LogP) is 3.56. The van der Waals surface area contributed by atoms with E-state index in [0.717, 1.165) is 11.3 Å². The first-order chi connectivity index (χ1) is 12.8. The fourth-order valence-corrected chi connectivity index (χ4v) is 4.13. The molecule has 28 heavy (non-hydrogen) atoms. The summed E-state index contributed by atoms with van der Waals surface area (Å²) in [6, 6.07) is 5.95. The molecule has 148 valence electrons. The maximum atomic E-state index is 12.3. The van der Waals surface area contributed by atoms with Crippen molar-refractivity contribution in [3.63, 3.8) is 0 Å². The maximum absolute atomic E-state index is 12.3. The van der Waals surface area contributed by atoms with Gasteiger partial charge in [0.25, 0.3) is 5.91 Å². The number of amides is 3. The van der Waals surface area contributed by atoms with E-state index in [1.165, 1.54) is 0 Å². The van der Waals surface area contributed by atoms with E-state index in [4.69, 9.17) is 22.4 Å². The van der Waals surface area contributed by atoms with Gasteiger partial charge in [0.15, 0.2) is 0 Å². The Labute approximate surface area is 175 Å². The van der Waals surface area contributed by atoms with Crippen molar-refractivity contribution in [1.82, 2.24) is 0 Å². The zero-order valence-corrected chi connectivity index (χ0v) is 16.7. The summed E-state index contributed by atoms with van der Waals surface area (Å²) < 4.78 is 0. The Morgan fingerprint density at radius 3 is 2.54 bits per heavy atom. The Morgan fingerprint density at radius 2 is 1.93 bits per heavy atom. The highest BCUT2D eigenvalue weighted by atomic mass is 35.5. The highest BCUT2D eigenvalue weighted by Gasteiger charge is 2.31. The second kappa shape index (κ2) is 9.05. The molecule has 0 bridgehead atoms. The molecule has 0 radical (unpaired) electrons. The van der Waals surface area contributed by atoms with Gasteiger partial charge in [-0.15, -0.1) is 23.7 Å². The minimum atomic E-state index is -1.00. The molecule has 1 aliphatic heterocycles. The lowest BCUT2D eigenvalue weighted by Gasteiger charge is -2.17. The smallest absolute Gasteiger partial charge is 0.324 e. The maximum Gasteiger partial charge on any atom is 0.324 e. The first-order valence-electron chi connectivity index (χ1n) is 7.87. The van der Waals surface area contributed by atoms with Crippen LogP contribution in [0, 0.1) is 0 Å². The molecule has 0 saturated carbocycles. The third kappa shape index (κ3) is 4.80. The van der Waals surface area contributed by atoms with E-state index in [9.17, 15) is 14.4 Å². The lowest BCUT2D eigenvalue weighted by atomic mass is 9.90. The number of nitrogens with two attached hydrogens (primary N) is 1. The highest BCUT2D eigenvalue weighted by Crippen LogP contribution is 2.40. The molecule has 0 aliphatic carbocycles. The van der Waals surface area contributed by atoms with Crippen LogP contribution in [0.2, 0.25) is 5.02 Å². The van der Waals surface area contributed by atoms with Gasteiger partial charge >= 0.3 is 12.0 Å². The quantitative estimate of drug-likeness (QED) is 0.562. The number of aliphatic carboxylic acids is 1. The molecular formula is C17H16Cl2N4O4S. The van der Waals surface area contributed by atoms with Gasteiger partial charge < -0.3 is 16.2 Å². The molecule has 1 aromatic heterocycles. The van der Waals surface area contributed by atoms with E-state index in [1.54, 1.807) is 30.5 Å². The molecule has 1 aliphatic rings. The number of anilines is 2. The minimum Gasteiger partial charge on any atom is -0.481 e. The first-order valence-corrected chi connectivity index (χ1v) is 9.06. The number of primary amides is 1. The molecule has 1 unspecified atom stereocenters. The number of halogens is 2. The Kier molecular flexibility index (Phi) is 7.00. The third-order valence-electron chi connectivity index (χ3n) is 3.91. The number of carbonyl (C=O) groups excluding carboxylic acids is 2. The minimum absolute atomic E-state index is 0. The molecule has 8 nitrogen and oxygen atoms in total. The molecule has 1 aromatic carbocycles. The second-order valence-electron chi connectivity index (χ2n) is 5.82. The van der Waals surface area contributed by atoms with Crippen LogP contribution >= 0.6 is 35.3 Å². The number of thiophene rings is 1. The van der Waals surface area contributed by atoms with Gasteiger partial charge in [-0.25, -0.2) is 4.79 Å². The molecular weight excluding hydrogens is 427 g/mol. The number of aliphatic imine (C=N–C) groups is 1. The molecule has 0 saturated heterocycles. The zero-order chi connectivity index (χ0) is 19.6. The molecule has 3 rings (SSSR count). The Balaban J connectivity index is 0.00000280. The summed E-state index contributed by atoms with van der Waals surface area (Å²) in [5.41, 5.74) is 6.67. The number of hydrogen-bond acceptors (Lipinski definition) is 5. The van der Waals surface area contributed by atoms with E-state index in [-0.39, 0.29) is 35.9 Å². The number of benzene rings is 1. The molecule has 1 atom stereocenters. The average Bonchev–Trinajstić information content (AvgIpc) is 2.95. The summed E-state index contributed by atoms with van der Waals surface area (Å²) in [5, 5.41) is 15.1. The fraction of sp³-hybridized carbons (Fsp3) is 0.176. The SMILES string of the molecule is Cl.NC(=O)c1c(NC(=O)Nc2ccc(Cl)cc2)sc2c1C(CC(=O)O)CN=C2. The average molecular weight is 443 g/mol. The Morgan fingerprint density at radius 1 is 1.25 bits per heavy atom. The number of nitrogens with one attached hydrogen (secondary N) is 2. The van der Waals surface area contributed by atoms with Crippen molar-refractivity contribution < 1.29 is 19.5 Å². The summed E-state index contributed by atoms with van der Waals surface area (Å²) in [6.45, 7) is 0.243. The van der Waals surface area contributed by atoms with E-state index in [1.807, 2.05) is 0 Å². The summed E-state index contributed by atoms with van der Waals surface area (Å²) >= 11 is 6.94. The molecule has 3 amide bonds. The summed E-state index contributed by atoms with van der Waals surface area (Å²) in [4.78, 5) is 40.2. The fourth-order valence-electron chi connectivity index (χ4n) is 2.83. The van der Waals surface area contributed by atoms with Crippen LogP contribution in [-0.4, -0.2) is 35.8 Å². The summed E-state index contributed by atoms with van der Waals surface area (Å²) in [5.74, 6) is -2.21. The van der Waals surface area contributed by atoms with Gasteiger partial charge in [-0.2, -0.15) is 0 Å². The van der Waals surface area contributed by atoms with Crippen molar-refractivity contribution in [3.05, 3.63) is 45.3 Å². The molecule has 5 N–H and O–H groups in total. The van der Waals surface area contributed by atoms with Crippen LogP contribution in [0.3, 0.4) is 0 Å². The van der Waals surface area contributed by atoms with Crippen LogP contribution in [0.25, 0.3) is 0 Å². The van der Waals surface area contributed by atoms with E-state index in [2.05, 4.69) is 15.6 Å². The van der Waals surface area contributed by atoms with Gasteiger partial charge in [0.1, 0.15) is 5.00 Å². The zero-order valence-electron chi connectivity index (χ0n) is 14.3. The van der Waals surface area contributed by atoms with Gasteiger partial charge in [-0.05, 0) is 29.8 Å². The summed E-state index contributed by atoms with van der Waals surface area (Å²) in [7, 11) is 0. The lowest BCUT2D eigenvalue weighted by molar-refractivity contribution is -0.137. The molecule has 0 fully saturated rings. The van der Waals surface area contributed by atoms with Crippen LogP contribution in [-0.2, 0) is 4.79 Å². The van der Waals surface area contributed by atoms with Crippen LogP contribution in [0.1, 0.15) is 33.1 Å². The first kappa shape index (κ1) is 21.7. The van der Waals surface area contributed by atoms with Crippen LogP contribution < -0.4 is 16.4 Å². The standard InChI is InChI=1S/C17H15ClN4O4S.ClH/c18-9-1-3-10(4-2-9)21-17(26)22-16-14(15(19)25)13-8(5-12(23)24)6-20-7-11(13)27-16;/h1-4,7-8H,5-6H2,(H2,19,25)(H,23,24)(H2,21,22,26);1H. The topological polar surface area (TPSA) is 134 Å². The van der Waals surface area contributed by atoms with E-state index >= 15 is 0 Å². The third-order valence-corrected chi connectivity index (χ3v) is 5.22. The van der Waals surface area contributed by atoms with Crippen molar-refractivity contribution in [3.8, 4) is 0 Å². The predicted molar refractivity (Wildman–Crippen MR) is 112 cm³/mol. The Bertz CT molecular complexity index is 943. The van der Waals surface area contributed by atoms with Crippen molar-refractivity contribution in [2.75, 3.05) is 17.2 Å². The number of nitrogens with zero attached hydrogens (tertiary/aromatic N) is 1. The van der Waals surface area contributed by atoms with Crippen LogP contribution in [0.5, 0.6) is 0 Å². The highest BCUT2D eigenvalue weighted by molar-refractivity contribution is 7.18. The lowest BCUT2D eigenvalue weighted by Crippen LogP contribution is -2.23. The van der Waals surface area contributed by atoms with Gasteiger partial charge in [0.05, 0.1) is 16.9 Å². The van der Waals surface area contributed by atoms with Gasteiger partial charge in [-0.1, -0.05) is 11.6 Å². The number of hydrogen-bond donors (Lipinski definition) is 4. The van der Waals surface area contributed by atoms with Crippen molar-refractivity contribution in [2.45, 2.75) is 12.3 Å². The van der Waals surface area contributed by atoms with Gasteiger partial charge in [0, 0.05) is 29.4 Å². The van der Waals surface area contributed by atoms with E-state index < -0.39 is 23.8 Å². The number of fused-ring (bicyclic) bond motifs is 1. The van der Waals surface area contributed by atoms with E-state index in [0.29, 0.717) is 21.2 Å². The van der Waals surface area contributed by atoms with Crippen molar-refractivity contribution >= 4 is 70.2 Å². The number of carboxylic acids is 1. The largest absolute Gasteiger partial charge is 0.481 e. The number of carbonyl (C=O) groups is 3. The number of rotatable bonds is 5. The number of carboxylic acid groups (broad SMARTS) is 1. The van der Waals surface area contributed by atoms with Gasteiger partial charge in [0.2, 0.25) is 0 Å². The van der Waals surface area contributed by atoms with Crippen LogP contribution in [0.15, 0.2) is 29.3 Å².